The van der Waals surface area contributed by atoms with Gasteiger partial charge in [-0.2, -0.15) is 8.78 Å². The largest absolute Gasteiger partial charge is 0.450 e. The molecule has 0 aliphatic heterocycles. The van der Waals surface area contributed by atoms with Gasteiger partial charge < -0.3 is 4.74 Å². The number of aldehydes is 1. The quantitative estimate of drug-likeness (QED) is 0.386. The summed E-state index contributed by atoms with van der Waals surface area (Å²) in [5.74, 6) is -4.00. The summed E-state index contributed by atoms with van der Waals surface area (Å²) in [6.07, 6.45) is 0.531. The highest BCUT2D eigenvalue weighted by molar-refractivity contribution is 9.10. The van der Waals surface area contributed by atoms with Crippen LogP contribution in [0.1, 0.15) is 10.4 Å². The monoisotopic (exact) mass is 435 g/mol. The fourth-order valence-electron chi connectivity index (χ4n) is 1.81. The van der Waals surface area contributed by atoms with Gasteiger partial charge in [-0.05, 0) is 30.3 Å². The molecule has 132 valence electrons. The van der Waals surface area contributed by atoms with Crippen molar-refractivity contribution in [1.82, 2.24) is 0 Å². The van der Waals surface area contributed by atoms with E-state index in [0.717, 1.165) is 12.1 Å². The van der Waals surface area contributed by atoms with Crippen LogP contribution >= 0.6 is 15.9 Å². The van der Waals surface area contributed by atoms with Crippen LogP contribution in [0.15, 0.2) is 45.8 Å². The zero-order valence-electron chi connectivity index (χ0n) is 12.1. The van der Waals surface area contributed by atoms with E-state index in [1.54, 1.807) is 0 Å². The molecule has 7 nitrogen and oxygen atoms in total. The van der Waals surface area contributed by atoms with Crippen LogP contribution in [0.25, 0.3) is 0 Å². The van der Waals surface area contributed by atoms with E-state index in [0.29, 0.717) is 16.8 Å². The van der Waals surface area contributed by atoms with Crippen molar-refractivity contribution in [2.45, 2.75) is 10.7 Å². The summed E-state index contributed by atoms with van der Waals surface area (Å²) in [5, 5.41) is 11.1. The lowest BCUT2D eigenvalue weighted by Crippen LogP contribution is -2.11. The molecule has 0 bridgehead atoms. The van der Waals surface area contributed by atoms with E-state index in [1.165, 1.54) is 18.2 Å². The van der Waals surface area contributed by atoms with Crippen LogP contribution in [0.5, 0.6) is 11.5 Å². The fraction of sp³-hybridized carbons (Fsp3) is 0.0714. The number of nitrogens with zero attached hydrogens (tertiary/aromatic N) is 1. The summed E-state index contributed by atoms with van der Waals surface area (Å²) in [7, 11) is -4.98. The summed E-state index contributed by atoms with van der Waals surface area (Å²) < 4.78 is 53.8. The lowest BCUT2D eigenvalue weighted by atomic mass is 10.2. The van der Waals surface area contributed by atoms with Gasteiger partial charge in [0.2, 0.25) is 15.6 Å². The molecular weight excluding hydrogens is 428 g/mol. The zero-order chi connectivity index (χ0) is 18.8. The van der Waals surface area contributed by atoms with Crippen LogP contribution in [-0.4, -0.2) is 25.4 Å². The van der Waals surface area contributed by atoms with Crippen LogP contribution in [-0.2, 0) is 9.84 Å². The van der Waals surface area contributed by atoms with Gasteiger partial charge in [0.1, 0.15) is 5.75 Å². The van der Waals surface area contributed by atoms with Crippen LogP contribution in [0.4, 0.5) is 14.5 Å². The number of halogens is 3. The molecule has 2 aromatic rings. The van der Waals surface area contributed by atoms with E-state index < -0.39 is 31.1 Å². The third kappa shape index (κ3) is 3.99. The first-order chi connectivity index (χ1) is 11.7. The Balaban J connectivity index is 2.49. The van der Waals surface area contributed by atoms with Gasteiger partial charge in [-0.3, -0.25) is 14.9 Å². The average molecular weight is 436 g/mol. The number of nitro groups is 1. The van der Waals surface area contributed by atoms with Gasteiger partial charge in [0.05, 0.1) is 9.82 Å². The summed E-state index contributed by atoms with van der Waals surface area (Å²) in [6.45, 7) is 0. The van der Waals surface area contributed by atoms with E-state index in [4.69, 9.17) is 4.74 Å². The number of carbonyl (C=O) groups is 1. The van der Waals surface area contributed by atoms with Crippen molar-refractivity contribution in [2.24, 2.45) is 0 Å². The number of sulfone groups is 1. The molecular formula is C14H8BrF2NO6S. The maximum atomic E-state index is 12.6. The molecule has 0 saturated carbocycles. The number of hydrogen-bond donors (Lipinski definition) is 0. The molecule has 25 heavy (non-hydrogen) atoms. The fourth-order valence-corrected chi connectivity index (χ4v) is 2.89. The predicted molar refractivity (Wildman–Crippen MR) is 85.9 cm³/mol. The van der Waals surface area contributed by atoms with Crippen molar-refractivity contribution in [3.05, 3.63) is 56.5 Å². The van der Waals surface area contributed by atoms with E-state index in [9.17, 15) is 32.1 Å². The normalized spacial score (nSPS) is 11.4. The Kier molecular flexibility index (Phi) is 5.48. The van der Waals surface area contributed by atoms with Gasteiger partial charge in [0, 0.05) is 16.1 Å². The SMILES string of the molecule is O=Cc1cc(Oc2ccc(S(=O)(=O)C(F)F)cc2[N+](=O)[O-])ccc1Br. The molecule has 0 spiro atoms. The lowest BCUT2D eigenvalue weighted by molar-refractivity contribution is -0.385. The maximum absolute atomic E-state index is 12.6. The molecule has 0 aliphatic carbocycles. The molecule has 0 N–H and O–H groups in total. The molecule has 11 heteroatoms. The number of carbonyl (C=O) groups excluding carboxylic acids is 1. The van der Waals surface area contributed by atoms with Gasteiger partial charge in [0.15, 0.2) is 6.29 Å². The number of benzene rings is 2. The maximum Gasteiger partial charge on any atom is 0.341 e. The van der Waals surface area contributed by atoms with Crippen molar-refractivity contribution in [3.8, 4) is 11.5 Å². The second-order valence-corrected chi connectivity index (χ2v) is 7.37. The summed E-state index contributed by atoms with van der Waals surface area (Å²) in [5.41, 5.74) is -0.589. The molecule has 0 fully saturated rings. The Hall–Kier alpha value is -2.40. The second-order valence-electron chi connectivity index (χ2n) is 4.60. The zero-order valence-corrected chi connectivity index (χ0v) is 14.5. The van der Waals surface area contributed by atoms with Gasteiger partial charge in [-0.15, -0.1) is 0 Å². The minimum atomic E-state index is -4.98. The molecule has 0 saturated heterocycles. The second kappa shape index (κ2) is 7.23. The highest BCUT2D eigenvalue weighted by atomic mass is 79.9. The van der Waals surface area contributed by atoms with E-state index in [-0.39, 0.29) is 17.1 Å². The molecule has 0 aliphatic rings. The number of alkyl halides is 2. The van der Waals surface area contributed by atoms with Crippen LogP contribution in [0.3, 0.4) is 0 Å². The smallest absolute Gasteiger partial charge is 0.341 e. The Bertz CT molecular complexity index is 948. The minimum absolute atomic E-state index is 0.0675. The summed E-state index contributed by atoms with van der Waals surface area (Å²) in [4.78, 5) is 20.2. The minimum Gasteiger partial charge on any atom is -0.450 e. The van der Waals surface area contributed by atoms with Crippen LogP contribution < -0.4 is 4.74 Å². The summed E-state index contributed by atoms with van der Waals surface area (Å²) in [6, 6.07) is 6.35. The Morgan fingerprint density at radius 1 is 1.20 bits per heavy atom. The van der Waals surface area contributed by atoms with E-state index in [2.05, 4.69) is 15.9 Å². The topological polar surface area (TPSA) is 104 Å². The number of nitro benzene ring substituents is 1. The lowest BCUT2D eigenvalue weighted by Gasteiger charge is -2.09. The first-order valence-corrected chi connectivity index (χ1v) is 8.74. The summed E-state index contributed by atoms with van der Waals surface area (Å²) >= 11 is 3.13. The third-order valence-electron chi connectivity index (χ3n) is 3.01. The molecule has 0 unspecified atom stereocenters. The highest BCUT2D eigenvalue weighted by Crippen LogP contribution is 2.35. The molecule has 2 rings (SSSR count). The third-order valence-corrected chi connectivity index (χ3v) is 5.11. The highest BCUT2D eigenvalue weighted by Gasteiger charge is 2.30. The molecule has 0 amide bonds. The van der Waals surface area contributed by atoms with Gasteiger partial charge in [-0.1, -0.05) is 15.9 Å². The van der Waals surface area contributed by atoms with Crippen molar-refractivity contribution in [2.75, 3.05) is 0 Å². The average Bonchev–Trinajstić information content (AvgIpc) is 2.56. The van der Waals surface area contributed by atoms with Gasteiger partial charge in [-0.25, -0.2) is 8.42 Å². The number of hydrogen-bond acceptors (Lipinski definition) is 6. The number of rotatable bonds is 6. The van der Waals surface area contributed by atoms with Gasteiger partial charge >= 0.3 is 11.4 Å². The van der Waals surface area contributed by atoms with Crippen LogP contribution in [0.2, 0.25) is 0 Å². The van der Waals surface area contributed by atoms with Crippen molar-refractivity contribution in [1.29, 1.82) is 0 Å². The number of ether oxygens (including phenoxy) is 1. The molecule has 0 radical (unpaired) electrons. The first kappa shape index (κ1) is 18.9. The molecule has 0 aromatic heterocycles. The first-order valence-electron chi connectivity index (χ1n) is 6.40. The molecule has 2 aromatic carbocycles. The molecule has 0 heterocycles. The molecule has 0 atom stereocenters. The predicted octanol–water partition coefficient (Wildman–Crippen LogP) is 3.96. The Labute approximate surface area is 148 Å². The Morgan fingerprint density at radius 2 is 1.88 bits per heavy atom. The Morgan fingerprint density at radius 3 is 2.44 bits per heavy atom. The van der Waals surface area contributed by atoms with Gasteiger partial charge in [0.25, 0.3) is 0 Å². The standard InChI is InChI=1S/C14H8BrF2NO6S/c15-11-3-1-9(5-8(11)7-19)24-13-4-2-10(6-12(13)18(20)21)25(22,23)14(16)17/h1-7,14H. The van der Waals surface area contributed by atoms with Crippen molar-refractivity contribution >= 4 is 37.7 Å². The van der Waals surface area contributed by atoms with Crippen molar-refractivity contribution in [3.63, 3.8) is 0 Å². The van der Waals surface area contributed by atoms with E-state index >= 15 is 0 Å². The van der Waals surface area contributed by atoms with Crippen molar-refractivity contribution < 1.29 is 31.7 Å². The van der Waals surface area contributed by atoms with Crippen LogP contribution in [0, 0.1) is 10.1 Å². The van der Waals surface area contributed by atoms with E-state index in [1.807, 2.05) is 0 Å².